The Morgan fingerprint density at radius 1 is 0.533 bits per heavy atom. The van der Waals surface area contributed by atoms with Gasteiger partial charge in [-0.2, -0.15) is 0 Å². The van der Waals surface area contributed by atoms with E-state index in [0.29, 0.717) is 6.54 Å². The molecule has 5 aliphatic rings. The maximum atomic E-state index is 14.1. The first-order valence-corrected chi connectivity index (χ1v) is 30.4. The van der Waals surface area contributed by atoms with Crippen LogP contribution >= 0.6 is 37.6 Å². The second-order valence-electron chi connectivity index (χ2n) is 16.4. The van der Waals surface area contributed by atoms with Crippen molar-refractivity contribution in [2.75, 3.05) is 166 Å². The van der Waals surface area contributed by atoms with Crippen LogP contribution in [0.5, 0.6) is 0 Å². The molecule has 60 heavy (non-hydrogen) atoms. The Morgan fingerprint density at radius 3 is 1.33 bits per heavy atom. The van der Waals surface area contributed by atoms with Crippen LogP contribution in [0.3, 0.4) is 0 Å². The zero-order valence-electron chi connectivity index (χ0n) is 39.5. The predicted octanol–water partition coefficient (Wildman–Crippen LogP) is 3.31. The highest BCUT2D eigenvalue weighted by molar-refractivity contribution is 7.56. The van der Waals surface area contributed by atoms with Crippen LogP contribution in [0, 0.1) is 0 Å². The van der Waals surface area contributed by atoms with Gasteiger partial charge in [0.1, 0.15) is 0 Å². The maximum absolute atomic E-state index is 14.1. The fourth-order valence-electron chi connectivity index (χ4n) is 6.95. The quantitative estimate of drug-likeness (QED) is 0.174. The van der Waals surface area contributed by atoms with Gasteiger partial charge in [-0.3, -0.25) is 22.8 Å². The molecule has 5 saturated heterocycles. The molecule has 0 aromatic rings. The van der Waals surface area contributed by atoms with Gasteiger partial charge in [0, 0.05) is 98.8 Å². The molecule has 5 fully saturated rings. The van der Waals surface area contributed by atoms with E-state index in [1.165, 1.54) is 42.7 Å². The summed E-state index contributed by atoms with van der Waals surface area (Å²) in [5.74, 6) is 0. The van der Waals surface area contributed by atoms with Crippen LogP contribution in [-0.4, -0.2) is 232 Å². The van der Waals surface area contributed by atoms with Gasteiger partial charge < -0.3 is 51.6 Å². The number of ether oxygens (including phenoxy) is 5. The topological polar surface area (TPSA) is 206 Å². The van der Waals surface area contributed by atoms with E-state index in [4.69, 9.17) is 50.4 Å². The van der Waals surface area contributed by atoms with Gasteiger partial charge in [-0.25, -0.2) is 23.4 Å². The van der Waals surface area contributed by atoms with Gasteiger partial charge in [0.2, 0.25) is 0 Å². The van der Waals surface area contributed by atoms with E-state index in [1.807, 2.05) is 13.8 Å². The number of morpholine rings is 5. The molecule has 0 aliphatic carbocycles. The van der Waals surface area contributed by atoms with Gasteiger partial charge >= 0.3 is 0 Å². The predicted molar refractivity (Wildman–Crippen MR) is 228 cm³/mol. The summed E-state index contributed by atoms with van der Waals surface area (Å²) in [5.41, 5.74) is 0. The fraction of sp³-hybridized carbons (Fsp3) is 1.00. The minimum Gasteiger partial charge on any atom is -0.373 e. The third-order valence-electron chi connectivity index (χ3n) is 10.8. The monoisotopic (exact) mass is 964 g/mol. The number of hydrogen-bond acceptors (Lipinski definition) is 16. The molecule has 0 saturated carbocycles. The summed E-state index contributed by atoms with van der Waals surface area (Å²) in [4.78, 5) is 0. The van der Waals surface area contributed by atoms with Crippen LogP contribution < -0.4 is 5.32 Å². The first-order valence-electron chi connectivity index (χ1n) is 22.0. The molecule has 15 atom stereocenters. The Kier molecular flexibility index (Phi) is 17.5. The Morgan fingerprint density at radius 2 is 0.900 bits per heavy atom. The second kappa shape index (κ2) is 22.3. The van der Waals surface area contributed by atoms with E-state index in [-0.39, 0.29) is 104 Å². The van der Waals surface area contributed by atoms with Gasteiger partial charge in [0.15, 0.2) is 0 Å². The molecule has 0 radical (unpaired) electrons. The summed E-state index contributed by atoms with van der Waals surface area (Å²) in [6.45, 7) is 9.66. The molecule has 0 bridgehead atoms. The number of nitrogens with one attached hydrogen (secondary N) is 1. The van der Waals surface area contributed by atoms with E-state index >= 15 is 0 Å². The molecule has 5 rings (SSSR count). The van der Waals surface area contributed by atoms with Gasteiger partial charge in [-0.15, -0.1) is 0 Å². The fourth-order valence-corrected chi connectivity index (χ4v) is 13.6. The lowest BCUT2D eigenvalue weighted by Gasteiger charge is -2.41. The van der Waals surface area contributed by atoms with Crippen LogP contribution in [0.2, 0.25) is 0 Å². The maximum Gasteiger partial charge on any atom is 0.269 e. The van der Waals surface area contributed by atoms with Crippen molar-refractivity contribution in [2.24, 2.45) is 0 Å². The standard InChI is InChI=1S/C34H71N6O15P5/c1-28-16-35-17-30(54-28)23-50-57(6,42)37-10-14-47-32(20-37)25-51-58(7,43)38-11-15-48-33(21-38)26-52-60(9,45)40-18-29(2)55-34(22-40)27-53-59(8,44)39-12-13-46-31(19-39)24-49-56(5,41)36(3)4/h28-35H,10-27H2,1-9H3/t28-,29-,30-,31-,32-,33-,34-,56?,57?,58?,59?,60?/m0/s1/i13T,14T,15T/t13-,14+,15+,28-,29-,30-,31-,32-,33-,34-,56?,57?,58?,59?,60?. The second-order valence-corrected chi connectivity index (χ2v) is 28.8. The molecule has 0 aromatic heterocycles. The molecule has 1 N–H and O–H groups in total. The summed E-state index contributed by atoms with van der Waals surface area (Å²) >= 11 is 0. The largest absolute Gasteiger partial charge is 0.373 e. The van der Waals surface area contributed by atoms with Crippen molar-refractivity contribution >= 4 is 37.6 Å². The first-order chi connectivity index (χ1) is 29.2. The van der Waals surface area contributed by atoms with Crippen LogP contribution in [0.25, 0.3) is 0 Å². The third kappa shape index (κ3) is 15.3. The van der Waals surface area contributed by atoms with Crippen molar-refractivity contribution < 1.29 is 73.2 Å². The summed E-state index contributed by atoms with van der Waals surface area (Å²) in [7, 11) is -13.7. The van der Waals surface area contributed by atoms with E-state index in [9.17, 15) is 22.8 Å². The summed E-state index contributed by atoms with van der Waals surface area (Å²) in [6, 6.07) is 0. The van der Waals surface area contributed by atoms with Gasteiger partial charge in [-0.1, -0.05) is 0 Å². The number of nitrogens with zero attached hydrogens (tertiary/aromatic N) is 5. The van der Waals surface area contributed by atoms with Crippen LogP contribution in [0.4, 0.5) is 0 Å². The zero-order valence-corrected chi connectivity index (χ0v) is 40.9. The molecule has 5 unspecified atom stereocenters. The molecular weight excluding hydrogens is 887 g/mol. The van der Waals surface area contributed by atoms with Crippen molar-refractivity contribution in [3.63, 3.8) is 0 Å². The lowest BCUT2D eigenvalue weighted by atomic mass is 10.2. The Bertz CT molecular complexity index is 1760. The highest BCUT2D eigenvalue weighted by atomic mass is 31.2. The Hall–Kier alpha value is 0.510. The van der Waals surface area contributed by atoms with E-state index in [0.717, 1.165) is 6.54 Å². The zero-order chi connectivity index (χ0) is 46.5. The number of hydrogen-bond donors (Lipinski definition) is 1. The van der Waals surface area contributed by atoms with E-state index in [1.54, 1.807) is 28.1 Å². The molecule has 5 aliphatic heterocycles. The molecule has 26 heteroatoms. The summed E-state index contributed by atoms with van der Waals surface area (Å²) < 4.78 is 160. The smallest absolute Gasteiger partial charge is 0.269 e. The van der Waals surface area contributed by atoms with Crippen LogP contribution in [0.15, 0.2) is 0 Å². The SMILES string of the molecule is [3H][C@@H]1CN(P(C)(=O)OC[C@@H]2CN(P(C)(=O)OC[C@@H]3CNC[C@H](C)O3)C[C@@H]([3H])O2)C[C@@H](COP(C)(=O)N2C[C@@H](COP(C)(=O)N3C[C@@H](COP(C)(=O)N(C)C)O[C@@H]([3H])C3)O[C@@H](C)C2)O1. The van der Waals surface area contributed by atoms with Gasteiger partial charge in [0.05, 0.1) is 99.6 Å². The van der Waals surface area contributed by atoms with Crippen molar-refractivity contribution in [3.05, 3.63) is 0 Å². The average molecular weight is 965 g/mol. The Balaban J connectivity index is 1.09. The molecule has 0 amide bonds. The highest BCUT2D eigenvalue weighted by Gasteiger charge is 2.41. The Labute approximate surface area is 361 Å². The summed E-state index contributed by atoms with van der Waals surface area (Å²) in [6.07, 6.45) is -3.42. The third-order valence-corrected chi connectivity index (χ3v) is 20.8. The van der Waals surface area contributed by atoms with E-state index < -0.39 is 81.8 Å². The summed E-state index contributed by atoms with van der Waals surface area (Å²) in [5, 5.41) is 3.25. The van der Waals surface area contributed by atoms with Crippen molar-refractivity contribution in [1.29, 1.82) is 0 Å². The van der Waals surface area contributed by atoms with Crippen molar-refractivity contribution in [3.8, 4) is 0 Å². The minimum atomic E-state index is -3.57. The highest BCUT2D eigenvalue weighted by Crippen LogP contribution is 2.53. The lowest BCUT2D eigenvalue weighted by molar-refractivity contribution is -0.0778. The molecule has 0 spiro atoms. The lowest BCUT2D eigenvalue weighted by Crippen LogP contribution is -2.48. The molecule has 352 valence electrons. The van der Waals surface area contributed by atoms with Crippen molar-refractivity contribution in [2.45, 2.75) is 56.6 Å². The first kappa shape index (κ1) is 47.0. The molecule has 5 heterocycles. The van der Waals surface area contributed by atoms with Gasteiger partial charge in [-0.05, 0) is 27.9 Å². The number of rotatable bonds is 20. The van der Waals surface area contributed by atoms with Crippen molar-refractivity contribution in [1.82, 2.24) is 28.7 Å². The average Bonchev–Trinajstić information content (AvgIpc) is 3.19. The molecule has 0 aromatic carbocycles. The van der Waals surface area contributed by atoms with Crippen LogP contribution in [0.1, 0.15) is 18.0 Å². The van der Waals surface area contributed by atoms with Gasteiger partial charge in [0.25, 0.3) is 37.6 Å². The van der Waals surface area contributed by atoms with E-state index in [2.05, 4.69) is 5.32 Å². The molecular formula is C34H71N6O15P5. The van der Waals surface area contributed by atoms with Crippen LogP contribution in [-0.2, 0) is 69.1 Å². The normalized spacial score (nSPS) is 39.3. The molecule has 21 nitrogen and oxygen atoms in total. The minimum absolute atomic E-state index is 0.00661.